The van der Waals surface area contributed by atoms with Gasteiger partial charge in [-0.2, -0.15) is 0 Å². The van der Waals surface area contributed by atoms with E-state index in [1.54, 1.807) is 12.1 Å². The molecule has 0 saturated heterocycles. The molecule has 0 fully saturated rings. The van der Waals surface area contributed by atoms with Crippen molar-refractivity contribution in [1.29, 1.82) is 0 Å². The summed E-state index contributed by atoms with van der Waals surface area (Å²) in [5.74, 6) is 2.14. The summed E-state index contributed by atoms with van der Waals surface area (Å²) in [7, 11) is 0. The van der Waals surface area contributed by atoms with Gasteiger partial charge >= 0.3 is 0 Å². The number of nitrogens with zero attached hydrogens (tertiary/aromatic N) is 1. The second kappa shape index (κ2) is 7.36. The van der Waals surface area contributed by atoms with E-state index in [4.69, 9.17) is 9.47 Å². The third kappa shape index (κ3) is 3.29. The molecule has 0 aromatic heterocycles. The van der Waals surface area contributed by atoms with Gasteiger partial charge in [0.05, 0.1) is 12.2 Å². The summed E-state index contributed by atoms with van der Waals surface area (Å²) in [6, 6.07) is 22.4. The highest BCUT2D eigenvalue weighted by Gasteiger charge is 2.33. The Morgan fingerprint density at radius 3 is 2.66 bits per heavy atom. The van der Waals surface area contributed by atoms with E-state index >= 15 is 0 Å². The molecule has 0 spiro atoms. The molecule has 2 aliphatic rings. The number of hydrogen-bond acceptors (Lipinski definition) is 4. The number of rotatable bonds is 3. The maximum Gasteiger partial charge on any atom is 0.142 e. The Morgan fingerprint density at radius 1 is 0.966 bits per heavy atom. The number of benzene rings is 3. The Balaban J connectivity index is 1.59. The van der Waals surface area contributed by atoms with Crippen LogP contribution in [0.15, 0.2) is 66.7 Å². The fourth-order valence-corrected chi connectivity index (χ4v) is 4.47. The van der Waals surface area contributed by atoms with Gasteiger partial charge < -0.3 is 19.5 Å². The monoisotopic (exact) mass is 387 g/mol. The van der Waals surface area contributed by atoms with Gasteiger partial charge in [0.1, 0.15) is 30.0 Å². The van der Waals surface area contributed by atoms with Gasteiger partial charge in [-0.3, -0.25) is 0 Å². The van der Waals surface area contributed by atoms with E-state index in [0.29, 0.717) is 0 Å². The van der Waals surface area contributed by atoms with E-state index in [1.165, 1.54) is 5.56 Å². The average Bonchev–Trinajstić information content (AvgIpc) is 2.78. The summed E-state index contributed by atoms with van der Waals surface area (Å²) in [4.78, 5) is 2.35. The first kappa shape index (κ1) is 17.9. The molecule has 2 atom stereocenters. The molecule has 0 amide bonds. The van der Waals surface area contributed by atoms with Gasteiger partial charge in [-0.15, -0.1) is 0 Å². The Kier molecular flexibility index (Phi) is 4.55. The van der Waals surface area contributed by atoms with Crippen molar-refractivity contribution in [2.24, 2.45) is 0 Å². The fraction of sp³-hybridized carbons (Fsp3) is 0.280. The zero-order chi connectivity index (χ0) is 19.8. The second-order valence-corrected chi connectivity index (χ2v) is 7.71. The quantitative estimate of drug-likeness (QED) is 0.681. The molecule has 148 valence electrons. The molecule has 2 unspecified atom stereocenters. The lowest BCUT2D eigenvalue weighted by Crippen LogP contribution is -2.32. The SMILES string of the molecule is CCN1CCOc2ccc(C3Oc4cc(O)ccc4CC3c3ccccc3)cc21. The number of phenols is 1. The van der Waals surface area contributed by atoms with Gasteiger partial charge in [-0.25, -0.2) is 0 Å². The van der Waals surface area contributed by atoms with Crippen molar-refractivity contribution in [1.82, 2.24) is 0 Å². The molecular formula is C25H25NO3. The highest BCUT2D eigenvalue weighted by molar-refractivity contribution is 5.62. The molecule has 2 heterocycles. The largest absolute Gasteiger partial charge is 0.508 e. The van der Waals surface area contributed by atoms with Crippen molar-refractivity contribution in [3.63, 3.8) is 0 Å². The molecule has 0 radical (unpaired) electrons. The van der Waals surface area contributed by atoms with Crippen molar-refractivity contribution in [3.05, 3.63) is 83.4 Å². The van der Waals surface area contributed by atoms with Crippen LogP contribution < -0.4 is 14.4 Å². The first-order chi connectivity index (χ1) is 14.2. The van der Waals surface area contributed by atoms with E-state index in [0.717, 1.165) is 54.4 Å². The zero-order valence-corrected chi connectivity index (χ0v) is 16.5. The summed E-state index contributed by atoms with van der Waals surface area (Å²) in [6.07, 6.45) is 0.743. The highest BCUT2D eigenvalue weighted by atomic mass is 16.5. The van der Waals surface area contributed by atoms with Crippen LogP contribution in [0.5, 0.6) is 17.2 Å². The summed E-state index contributed by atoms with van der Waals surface area (Å²) in [6.45, 7) is 4.74. The summed E-state index contributed by atoms with van der Waals surface area (Å²) < 4.78 is 12.4. The molecule has 29 heavy (non-hydrogen) atoms. The molecule has 3 aromatic rings. The minimum absolute atomic E-state index is 0.127. The van der Waals surface area contributed by atoms with Crippen LogP contribution >= 0.6 is 0 Å². The number of anilines is 1. The fourth-order valence-electron chi connectivity index (χ4n) is 4.47. The first-order valence-corrected chi connectivity index (χ1v) is 10.3. The van der Waals surface area contributed by atoms with Crippen LogP contribution in [0.3, 0.4) is 0 Å². The topological polar surface area (TPSA) is 41.9 Å². The molecule has 5 rings (SSSR count). The molecule has 3 aromatic carbocycles. The van der Waals surface area contributed by atoms with E-state index in [2.05, 4.69) is 54.3 Å². The Bertz CT molecular complexity index is 1020. The molecule has 1 N–H and O–H groups in total. The zero-order valence-electron chi connectivity index (χ0n) is 16.5. The number of hydrogen-bond donors (Lipinski definition) is 1. The van der Waals surface area contributed by atoms with Gasteiger partial charge in [-0.05, 0) is 48.2 Å². The average molecular weight is 387 g/mol. The maximum atomic E-state index is 9.95. The molecule has 2 aliphatic heterocycles. The number of aromatic hydroxyl groups is 1. The molecule has 4 heteroatoms. The minimum atomic E-state index is -0.127. The van der Waals surface area contributed by atoms with Crippen LogP contribution in [-0.4, -0.2) is 24.8 Å². The van der Waals surface area contributed by atoms with E-state index < -0.39 is 0 Å². The van der Waals surface area contributed by atoms with Gasteiger partial charge in [0.25, 0.3) is 0 Å². The van der Waals surface area contributed by atoms with Gasteiger partial charge in [0.2, 0.25) is 0 Å². The number of likely N-dealkylation sites (N-methyl/N-ethyl adjacent to an activating group) is 1. The number of phenolic OH excluding ortho intramolecular Hbond substituents is 1. The number of ether oxygens (including phenoxy) is 2. The van der Waals surface area contributed by atoms with Crippen molar-refractivity contribution >= 4 is 5.69 Å². The lowest BCUT2D eigenvalue weighted by molar-refractivity contribution is 0.151. The second-order valence-electron chi connectivity index (χ2n) is 7.71. The maximum absolute atomic E-state index is 9.95. The van der Waals surface area contributed by atoms with Crippen molar-refractivity contribution in [2.45, 2.75) is 25.4 Å². The van der Waals surface area contributed by atoms with Crippen molar-refractivity contribution in [2.75, 3.05) is 24.6 Å². The third-order valence-corrected chi connectivity index (χ3v) is 5.99. The predicted octanol–water partition coefficient (Wildman–Crippen LogP) is 5.07. The predicted molar refractivity (Wildman–Crippen MR) is 114 cm³/mol. The summed E-state index contributed by atoms with van der Waals surface area (Å²) >= 11 is 0. The van der Waals surface area contributed by atoms with Crippen LogP contribution in [0.1, 0.15) is 35.6 Å². The molecular weight excluding hydrogens is 362 g/mol. The van der Waals surface area contributed by atoms with Gasteiger partial charge in [0.15, 0.2) is 0 Å². The minimum Gasteiger partial charge on any atom is -0.508 e. The molecule has 0 aliphatic carbocycles. The summed E-state index contributed by atoms with van der Waals surface area (Å²) in [5.41, 5.74) is 4.66. The molecule has 0 bridgehead atoms. The van der Waals surface area contributed by atoms with Crippen LogP contribution in [0, 0.1) is 0 Å². The van der Waals surface area contributed by atoms with Crippen LogP contribution in [0.2, 0.25) is 0 Å². The lowest BCUT2D eigenvalue weighted by Gasteiger charge is -2.36. The highest BCUT2D eigenvalue weighted by Crippen LogP contribution is 2.46. The Morgan fingerprint density at radius 2 is 1.83 bits per heavy atom. The first-order valence-electron chi connectivity index (χ1n) is 10.3. The third-order valence-electron chi connectivity index (χ3n) is 5.99. The van der Waals surface area contributed by atoms with E-state index in [1.807, 2.05) is 12.1 Å². The van der Waals surface area contributed by atoms with Crippen molar-refractivity contribution in [3.8, 4) is 17.2 Å². The van der Waals surface area contributed by atoms with Crippen LogP contribution in [0.25, 0.3) is 0 Å². The van der Waals surface area contributed by atoms with Crippen LogP contribution in [0.4, 0.5) is 5.69 Å². The molecule has 0 saturated carbocycles. The Labute approximate surface area is 171 Å². The van der Waals surface area contributed by atoms with Crippen molar-refractivity contribution < 1.29 is 14.6 Å². The summed E-state index contributed by atoms with van der Waals surface area (Å²) in [5, 5.41) is 9.95. The van der Waals surface area contributed by atoms with E-state index in [9.17, 15) is 5.11 Å². The normalized spacial score (nSPS) is 20.2. The molecule has 4 nitrogen and oxygen atoms in total. The Hall–Kier alpha value is -3.14. The standard InChI is InChI=1S/C25H25NO3/c1-2-26-12-13-28-23-11-9-19(15-22(23)26)25-21(17-6-4-3-5-7-17)14-18-8-10-20(27)16-24(18)29-25/h3-11,15-16,21,25,27H,2,12-14H2,1H3. The van der Waals surface area contributed by atoms with Crippen LogP contribution in [-0.2, 0) is 6.42 Å². The number of fused-ring (bicyclic) bond motifs is 2. The smallest absolute Gasteiger partial charge is 0.142 e. The van der Waals surface area contributed by atoms with Gasteiger partial charge in [0, 0.05) is 18.5 Å². The van der Waals surface area contributed by atoms with E-state index in [-0.39, 0.29) is 17.8 Å². The van der Waals surface area contributed by atoms with Gasteiger partial charge in [-0.1, -0.05) is 42.5 Å². The lowest BCUT2D eigenvalue weighted by atomic mass is 9.82.